The number of guanidine groups is 1. The topological polar surface area (TPSA) is 88.4 Å². The van der Waals surface area contributed by atoms with E-state index in [2.05, 4.69) is 25.2 Å². The van der Waals surface area contributed by atoms with E-state index < -0.39 is 9.84 Å². The Morgan fingerprint density at radius 3 is 2.74 bits per heavy atom. The molecule has 0 saturated carbocycles. The van der Waals surface area contributed by atoms with Crippen molar-refractivity contribution in [3.63, 3.8) is 0 Å². The van der Waals surface area contributed by atoms with Crippen molar-refractivity contribution in [3.05, 3.63) is 18.2 Å². The highest BCUT2D eigenvalue weighted by molar-refractivity contribution is 7.90. The average Bonchev–Trinajstić information content (AvgIpc) is 2.88. The van der Waals surface area contributed by atoms with Crippen LogP contribution in [0.2, 0.25) is 0 Å². The monoisotopic (exact) mass is 343 g/mol. The molecule has 1 atom stereocenters. The number of unbranched alkanes of at least 4 members (excludes halogenated alkanes) is 1. The highest BCUT2D eigenvalue weighted by Gasteiger charge is 2.09. The predicted octanol–water partition coefficient (Wildman–Crippen LogP) is 0.960. The first-order chi connectivity index (χ1) is 10.8. The van der Waals surface area contributed by atoms with Crippen molar-refractivity contribution in [3.8, 4) is 0 Å². The van der Waals surface area contributed by atoms with E-state index in [0.717, 1.165) is 31.8 Å². The lowest BCUT2D eigenvalue weighted by atomic mass is 10.2. The first-order valence-electron chi connectivity index (χ1n) is 7.94. The zero-order valence-corrected chi connectivity index (χ0v) is 15.4. The Kier molecular flexibility index (Phi) is 8.08. The maximum absolute atomic E-state index is 11.2. The number of sulfone groups is 1. The van der Waals surface area contributed by atoms with Crippen LogP contribution >= 0.6 is 0 Å². The van der Waals surface area contributed by atoms with Crippen LogP contribution in [0.1, 0.15) is 32.0 Å². The molecule has 0 spiro atoms. The normalized spacial score (nSPS) is 13.8. The van der Waals surface area contributed by atoms with Gasteiger partial charge in [-0.3, -0.25) is 4.99 Å². The van der Waals surface area contributed by atoms with Gasteiger partial charge in [-0.25, -0.2) is 13.4 Å². The molecule has 132 valence electrons. The SMILES string of the molecule is CN=C(NCCCCn1ccnc1C)NC(C)CCS(C)(=O)=O. The van der Waals surface area contributed by atoms with Crippen LogP contribution in [-0.2, 0) is 16.4 Å². The van der Waals surface area contributed by atoms with Crippen LogP contribution in [0.4, 0.5) is 0 Å². The van der Waals surface area contributed by atoms with Crippen molar-refractivity contribution >= 4 is 15.8 Å². The van der Waals surface area contributed by atoms with Gasteiger partial charge in [-0.15, -0.1) is 0 Å². The highest BCUT2D eigenvalue weighted by Crippen LogP contribution is 1.99. The molecule has 1 heterocycles. The van der Waals surface area contributed by atoms with Gasteiger partial charge in [0.2, 0.25) is 0 Å². The molecule has 7 nitrogen and oxygen atoms in total. The molecule has 0 aliphatic rings. The molecular weight excluding hydrogens is 314 g/mol. The molecule has 23 heavy (non-hydrogen) atoms. The van der Waals surface area contributed by atoms with Crippen LogP contribution in [0.15, 0.2) is 17.4 Å². The Morgan fingerprint density at radius 2 is 2.17 bits per heavy atom. The van der Waals surface area contributed by atoms with Gasteiger partial charge in [-0.2, -0.15) is 0 Å². The molecule has 1 unspecified atom stereocenters. The van der Waals surface area contributed by atoms with Gasteiger partial charge in [0.1, 0.15) is 15.7 Å². The van der Waals surface area contributed by atoms with Crippen molar-refractivity contribution in [2.24, 2.45) is 4.99 Å². The second-order valence-corrected chi connectivity index (χ2v) is 8.10. The van der Waals surface area contributed by atoms with Crippen LogP contribution in [0.25, 0.3) is 0 Å². The van der Waals surface area contributed by atoms with Gasteiger partial charge >= 0.3 is 0 Å². The largest absolute Gasteiger partial charge is 0.356 e. The molecular formula is C15H29N5O2S. The van der Waals surface area contributed by atoms with Gasteiger partial charge in [0.05, 0.1) is 5.75 Å². The third kappa shape index (κ3) is 8.59. The number of nitrogens with zero attached hydrogens (tertiary/aromatic N) is 3. The molecule has 0 amide bonds. The van der Waals surface area contributed by atoms with Crippen LogP contribution in [-0.4, -0.2) is 55.6 Å². The zero-order chi connectivity index (χ0) is 17.3. The zero-order valence-electron chi connectivity index (χ0n) is 14.5. The summed E-state index contributed by atoms with van der Waals surface area (Å²) in [6, 6.07) is 0.0597. The maximum atomic E-state index is 11.2. The summed E-state index contributed by atoms with van der Waals surface area (Å²) in [5, 5.41) is 6.47. The summed E-state index contributed by atoms with van der Waals surface area (Å²) in [6.07, 6.45) is 7.72. The number of hydrogen-bond acceptors (Lipinski definition) is 4. The van der Waals surface area contributed by atoms with Gasteiger partial charge in [-0.1, -0.05) is 0 Å². The fourth-order valence-corrected chi connectivity index (χ4v) is 2.93. The van der Waals surface area contributed by atoms with Gasteiger partial charge < -0.3 is 15.2 Å². The van der Waals surface area contributed by atoms with Gasteiger partial charge in [-0.05, 0) is 33.1 Å². The average molecular weight is 343 g/mol. The minimum Gasteiger partial charge on any atom is -0.356 e. The van der Waals surface area contributed by atoms with Crippen molar-refractivity contribution in [2.45, 2.75) is 45.7 Å². The van der Waals surface area contributed by atoms with Crippen LogP contribution in [0.3, 0.4) is 0 Å². The molecule has 0 aromatic carbocycles. The van der Waals surface area contributed by atoms with E-state index in [0.29, 0.717) is 12.4 Å². The lowest BCUT2D eigenvalue weighted by Gasteiger charge is -2.17. The number of rotatable bonds is 9. The summed E-state index contributed by atoms with van der Waals surface area (Å²) in [5.74, 6) is 1.93. The maximum Gasteiger partial charge on any atom is 0.191 e. The van der Waals surface area contributed by atoms with Gasteiger partial charge in [0.15, 0.2) is 5.96 Å². The molecule has 0 bridgehead atoms. The standard InChI is InChI=1S/C15H29N5O2S/c1-13(7-12-23(4,21)22)19-15(16-3)18-8-5-6-10-20-11-9-17-14(20)2/h9,11,13H,5-8,10,12H2,1-4H3,(H2,16,18,19). The van der Waals surface area contributed by atoms with E-state index in [1.54, 1.807) is 7.05 Å². The fourth-order valence-electron chi connectivity index (χ4n) is 2.15. The van der Waals surface area contributed by atoms with E-state index in [1.807, 2.05) is 26.2 Å². The minimum absolute atomic E-state index is 0.0597. The number of aryl methyl sites for hydroxylation is 2. The Labute approximate surface area is 139 Å². The summed E-state index contributed by atoms with van der Waals surface area (Å²) < 4.78 is 24.5. The van der Waals surface area contributed by atoms with Crippen molar-refractivity contribution in [1.29, 1.82) is 0 Å². The minimum atomic E-state index is -2.92. The van der Waals surface area contributed by atoms with Gasteiger partial charge in [0.25, 0.3) is 0 Å². The predicted molar refractivity (Wildman–Crippen MR) is 94.5 cm³/mol. The fraction of sp³-hybridized carbons (Fsp3) is 0.733. The number of aromatic nitrogens is 2. The second kappa shape index (κ2) is 9.54. The molecule has 1 rings (SSSR count). The van der Waals surface area contributed by atoms with E-state index >= 15 is 0 Å². The summed E-state index contributed by atoms with van der Waals surface area (Å²) in [5.41, 5.74) is 0. The van der Waals surface area contributed by atoms with Crippen LogP contribution in [0.5, 0.6) is 0 Å². The Bertz CT molecular complexity index is 595. The van der Waals surface area contributed by atoms with Crippen LogP contribution in [0, 0.1) is 6.92 Å². The highest BCUT2D eigenvalue weighted by atomic mass is 32.2. The number of imidazole rings is 1. The number of nitrogens with one attached hydrogen (secondary N) is 2. The Hall–Kier alpha value is -1.57. The summed E-state index contributed by atoms with van der Waals surface area (Å²) in [7, 11) is -1.20. The van der Waals surface area contributed by atoms with E-state index in [9.17, 15) is 8.42 Å². The number of aliphatic imine (C=N–C) groups is 1. The second-order valence-electron chi connectivity index (χ2n) is 5.84. The molecule has 1 aromatic heterocycles. The van der Waals surface area contributed by atoms with Gasteiger partial charge in [0, 0.05) is 44.8 Å². The summed E-state index contributed by atoms with van der Waals surface area (Å²) in [6.45, 7) is 5.75. The lowest BCUT2D eigenvalue weighted by molar-refractivity contribution is 0.572. The Balaban J connectivity index is 2.20. The lowest BCUT2D eigenvalue weighted by Crippen LogP contribution is -2.43. The quantitative estimate of drug-likeness (QED) is 0.396. The van der Waals surface area contributed by atoms with Crippen molar-refractivity contribution < 1.29 is 8.42 Å². The molecule has 8 heteroatoms. The first-order valence-corrected chi connectivity index (χ1v) is 10.0. The molecule has 0 aliphatic heterocycles. The molecule has 0 radical (unpaired) electrons. The molecule has 1 aromatic rings. The third-order valence-corrected chi connectivity index (χ3v) is 4.55. The van der Waals surface area contributed by atoms with Crippen molar-refractivity contribution in [1.82, 2.24) is 20.2 Å². The van der Waals surface area contributed by atoms with E-state index in [4.69, 9.17) is 0 Å². The molecule has 0 aliphatic carbocycles. The molecule has 2 N–H and O–H groups in total. The van der Waals surface area contributed by atoms with E-state index in [1.165, 1.54) is 6.26 Å². The third-order valence-electron chi connectivity index (χ3n) is 3.57. The molecule has 0 saturated heterocycles. The Morgan fingerprint density at radius 1 is 1.43 bits per heavy atom. The van der Waals surface area contributed by atoms with E-state index in [-0.39, 0.29) is 11.8 Å². The smallest absolute Gasteiger partial charge is 0.191 e. The molecule has 0 fully saturated rings. The summed E-state index contributed by atoms with van der Waals surface area (Å²) in [4.78, 5) is 8.36. The first kappa shape index (κ1) is 19.5. The van der Waals surface area contributed by atoms with Crippen LogP contribution < -0.4 is 10.6 Å². The summed E-state index contributed by atoms with van der Waals surface area (Å²) >= 11 is 0. The number of hydrogen-bond donors (Lipinski definition) is 2. The van der Waals surface area contributed by atoms with Crippen molar-refractivity contribution in [2.75, 3.05) is 25.6 Å².